The number of hydrogen-bond donors (Lipinski definition) is 0. The third kappa shape index (κ3) is 2.86. The Labute approximate surface area is 133 Å². The Morgan fingerprint density at radius 1 is 1.05 bits per heavy atom. The average molecular weight is 349 g/mol. The van der Waals surface area contributed by atoms with Gasteiger partial charge in [0.05, 0.1) is 11.9 Å². The molecule has 1 atom stereocenters. The van der Waals surface area contributed by atoms with E-state index in [-0.39, 0.29) is 4.83 Å². The number of benzene rings is 2. The van der Waals surface area contributed by atoms with Crippen molar-refractivity contribution in [3.8, 4) is 17.2 Å². The quantitative estimate of drug-likeness (QED) is 0.775. The second kappa shape index (κ2) is 5.98. The summed E-state index contributed by atoms with van der Waals surface area (Å²) in [6, 6.07) is 12.2. The molecule has 0 aromatic heterocycles. The molecule has 0 saturated heterocycles. The molecule has 110 valence electrons. The molecule has 21 heavy (non-hydrogen) atoms. The number of halogens is 1. The Morgan fingerprint density at radius 3 is 2.57 bits per heavy atom. The molecule has 2 aromatic carbocycles. The van der Waals surface area contributed by atoms with Crippen LogP contribution < -0.4 is 14.2 Å². The number of ether oxygens (including phenoxy) is 3. The van der Waals surface area contributed by atoms with Gasteiger partial charge >= 0.3 is 0 Å². The van der Waals surface area contributed by atoms with Crippen LogP contribution in [0, 0.1) is 6.92 Å². The Kier molecular flexibility index (Phi) is 4.06. The normalized spacial score (nSPS) is 14.6. The largest absolute Gasteiger partial charge is 0.496 e. The van der Waals surface area contributed by atoms with Gasteiger partial charge in [0.2, 0.25) is 0 Å². The maximum atomic E-state index is 5.65. The van der Waals surface area contributed by atoms with Crippen LogP contribution in [0.3, 0.4) is 0 Å². The lowest BCUT2D eigenvalue weighted by molar-refractivity contribution is 0.171. The van der Waals surface area contributed by atoms with Crippen molar-refractivity contribution in [3.63, 3.8) is 0 Å². The van der Waals surface area contributed by atoms with Gasteiger partial charge in [0.25, 0.3) is 0 Å². The van der Waals surface area contributed by atoms with Crippen molar-refractivity contribution in [3.05, 3.63) is 53.1 Å². The van der Waals surface area contributed by atoms with E-state index in [9.17, 15) is 0 Å². The first-order valence-electron chi connectivity index (χ1n) is 6.87. The summed E-state index contributed by atoms with van der Waals surface area (Å²) in [7, 11) is 1.69. The average Bonchev–Trinajstić information content (AvgIpc) is 2.53. The molecule has 4 heteroatoms. The molecule has 2 aromatic rings. The van der Waals surface area contributed by atoms with Gasteiger partial charge in [-0.2, -0.15) is 0 Å². The minimum Gasteiger partial charge on any atom is -0.496 e. The molecule has 0 N–H and O–H groups in total. The lowest BCUT2D eigenvalue weighted by Gasteiger charge is -2.21. The van der Waals surface area contributed by atoms with Crippen LogP contribution in [0.2, 0.25) is 0 Å². The second-order valence-electron chi connectivity index (χ2n) is 5.01. The van der Waals surface area contributed by atoms with Gasteiger partial charge in [-0.3, -0.25) is 0 Å². The van der Waals surface area contributed by atoms with Crippen LogP contribution in [-0.2, 0) is 0 Å². The minimum absolute atomic E-state index is 0.0446. The first kappa shape index (κ1) is 14.3. The molecule has 0 amide bonds. The summed E-state index contributed by atoms with van der Waals surface area (Å²) < 4.78 is 16.7. The zero-order valence-corrected chi connectivity index (χ0v) is 13.6. The standard InChI is InChI=1S/C17H17BrO3/c1-11-3-5-14(19-2)13(9-11)17(18)12-4-6-15-16(10-12)21-8-7-20-15/h3-6,9-10,17H,7-8H2,1-2H3. The molecular formula is C17H17BrO3. The first-order valence-corrected chi connectivity index (χ1v) is 7.79. The molecule has 3 rings (SSSR count). The summed E-state index contributed by atoms with van der Waals surface area (Å²) in [4.78, 5) is 0.0446. The fourth-order valence-electron chi connectivity index (χ4n) is 2.45. The highest BCUT2D eigenvalue weighted by atomic mass is 79.9. The SMILES string of the molecule is COc1ccc(C)cc1C(Br)c1ccc2c(c1)OCCO2. The van der Waals surface area contributed by atoms with E-state index >= 15 is 0 Å². The Balaban J connectivity index is 1.98. The Hall–Kier alpha value is -1.68. The van der Waals surface area contributed by atoms with Crippen LogP contribution in [-0.4, -0.2) is 20.3 Å². The topological polar surface area (TPSA) is 27.7 Å². The molecule has 0 bridgehead atoms. The molecular weight excluding hydrogens is 332 g/mol. The first-order chi connectivity index (χ1) is 10.2. The number of aryl methyl sites for hydroxylation is 1. The van der Waals surface area contributed by atoms with Crippen LogP contribution in [0.15, 0.2) is 36.4 Å². The van der Waals surface area contributed by atoms with Crippen LogP contribution in [0.25, 0.3) is 0 Å². The third-order valence-electron chi connectivity index (χ3n) is 3.52. The summed E-state index contributed by atoms with van der Waals surface area (Å²) in [6.45, 7) is 3.28. The molecule has 3 nitrogen and oxygen atoms in total. The van der Waals surface area contributed by atoms with Crippen molar-refractivity contribution >= 4 is 15.9 Å². The van der Waals surface area contributed by atoms with Crippen LogP contribution in [0.5, 0.6) is 17.2 Å². The summed E-state index contributed by atoms with van der Waals surface area (Å²) >= 11 is 3.77. The van der Waals surface area contributed by atoms with Crippen molar-refractivity contribution in [2.24, 2.45) is 0 Å². The van der Waals surface area contributed by atoms with E-state index < -0.39 is 0 Å². The van der Waals surface area contributed by atoms with Gasteiger partial charge in [0, 0.05) is 5.56 Å². The predicted octanol–water partition coefficient (Wildman–Crippen LogP) is 4.26. The monoisotopic (exact) mass is 348 g/mol. The van der Waals surface area contributed by atoms with Crippen LogP contribution in [0.1, 0.15) is 21.5 Å². The van der Waals surface area contributed by atoms with Gasteiger partial charge in [0.15, 0.2) is 11.5 Å². The van der Waals surface area contributed by atoms with Crippen molar-refractivity contribution in [2.75, 3.05) is 20.3 Å². The van der Waals surface area contributed by atoms with E-state index in [1.807, 2.05) is 24.3 Å². The second-order valence-corrected chi connectivity index (χ2v) is 5.93. The van der Waals surface area contributed by atoms with Gasteiger partial charge < -0.3 is 14.2 Å². The zero-order chi connectivity index (χ0) is 14.8. The van der Waals surface area contributed by atoms with E-state index in [4.69, 9.17) is 14.2 Å². The lowest BCUT2D eigenvalue weighted by Crippen LogP contribution is -2.15. The number of methoxy groups -OCH3 is 1. The minimum atomic E-state index is 0.0446. The maximum Gasteiger partial charge on any atom is 0.161 e. The third-order valence-corrected chi connectivity index (χ3v) is 4.54. The molecule has 1 unspecified atom stereocenters. The molecule has 1 aliphatic rings. The van der Waals surface area contributed by atoms with E-state index in [0.29, 0.717) is 13.2 Å². The van der Waals surface area contributed by atoms with Gasteiger partial charge in [-0.1, -0.05) is 39.7 Å². The van der Waals surface area contributed by atoms with Gasteiger partial charge in [0.1, 0.15) is 19.0 Å². The van der Waals surface area contributed by atoms with Crippen LogP contribution in [0.4, 0.5) is 0 Å². The smallest absolute Gasteiger partial charge is 0.161 e. The fraction of sp³-hybridized carbons (Fsp3) is 0.294. The summed E-state index contributed by atoms with van der Waals surface area (Å²) in [6.07, 6.45) is 0. The molecule has 1 heterocycles. The molecule has 0 radical (unpaired) electrons. The number of hydrogen-bond acceptors (Lipinski definition) is 3. The highest BCUT2D eigenvalue weighted by Crippen LogP contribution is 2.40. The number of fused-ring (bicyclic) bond motifs is 1. The zero-order valence-electron chi connectivity index (χ0n) is 12.1. The molecule has 0 fully saturated rings. The van der Waals surface area contributed by atoms with Gasteiger partial charge in [-0.15, -0.1) is 0 Å². The molecule has 1 aliphatic heterocycles. The molecule has 0 saturated carbocycles. The molecule has 0 spiro atoms. The van der Waals surface area contributed by atoms with E-state index in [1.165, 1.54) is 5.56 Å². The van der Waals surface area contributed by atoms with Crippen molar-refractivity contribution < 1.29 is 14.2 Å². The van der Waals surface area contributed by atoms with Crippen molar-refractivity contribution in [2.45, 2.75) is 11.8 Å². The van der Waals surface area contributed by atoms with E-state index in [0.717, 1.165) is 28.4 Å². The number of alkyl halides is 1. The van der Waals surface area contributed by atoms with Gasteiger partial charge in [-0.25, -0.2) is 0 Å². The Bertz CT molecular complexity index is 654. The van der Waals surface area contributed by atoms with Crippen molar-refractivity contribution in [1.29, 1.82) is 0 Å². The maximum absolute atomic E-state index is 5.65. The Morgan fingerprint density at radius 2 is 1.81 bits per heavy atom. The lowest BCUT2D eigenvalue weighted by atomic mass is 10.0. The highest BCUT2D eigenvalue weighted by Gasteiger charge is 2.19. The highest BCUT2D eigenvalue weighted by molar-refractivity contribution is 9.09. The van der Waals surface area contributed by atoms with E-state index in [1.54, 1.807) is 7.11 Å². The summed E-state index contributed by atoms with van der Waals surface area (Å²) in [5.41, 5.74) is 3.42. The van der Waals surface area contributed by atoms with Crippen LogP contribution >= 0.6 is 15.9 Å². The van der Waals surface area contributed by atoms with Crippen molar-refractivity contribution in [1.82, 2.24) is 0 Å². The predicted molar refractivity (Wildman–Crippen MR) is 85.9 cm³/mol. The fourth-order valence-corrected chi connectivity index (χ4v) is 3.09. The summed E-state index contributed by atoms with van der Waals surface area (Å²) in [5, 5.41) is 0. The van der Waals surface area contributed by atoms with Gasteiger partial charge in [-0.05, 0) is 30.7 Å². The number of rotatable bonds is 3. The van der Waals surface area contributed by atoms with E-state index in [2.05, 4.69) is 35.0 Å². The molecule has 0 aliphatic carbocycles. The summed E-state index contributed by atoms with van der Waals surface area (Å²) in [5.74, 6) is 2.48.